The second-order valence-corrected chi connectivity index (χ2v) is 31.5. The molecule has 0 aliphatic carbocycles. The van der Waals surface area contributed by atoms with Crippen LogP contribution in [0.5, 0.6) is 11.5 Å². The molecule has 0 aromatic heterocycles. The van der Waals surface area contributed by atoms with Crippen LogP contribution >= 0.6 is 40.1 Å². The molecule has 2 aromatic rings. The standard InChI is InChI=1S/C22H23As2N3OS4/c1-3-13-11-15-21(17(19(13)25-5-1)23-29-7-8-30-23)28-22-16(27-15)12-14-4-2-6-26-20(14)18(22)24-31-9-10-32-24/h11-12,25H,1-10H2. The van der Waals surface area contributed by atoms with Gasteiger partial charge in [-0.3, -0.25) is 0 Å². The van der Waals surface area contributed by atoms with Gasteiger partial charge in [-0.05, 0) is 0 Å². The van der Waals surface area contributed by atoms with E-state index >= 15 is 0 Å². The number of hydrogen-bond acceptors (Lipinski definition) is 8. The van der Waals surface area contributed by atoms with Gasteiger partial charge in [-0.1, -0.05) is 0 Å². The minimum absolute atomic E-state index is 0.954. The molecule has 0 bridgehead atoms. The molecule has 2 fully saturated rings. The van der Waals surface area contributed by atoms with Crippen molar-refractivity contribution in [3.05, 3.63) is 34.0 Å². The van der Waals surface area contributed by atoms with Gasteiger partial charge in [0, 0.05) is 0 Å². The van der Waals surface area contributed by atoms with Crippen molar-refractivity contribution in [2.24, 2.45) is 9.98 Å². The van der Waals surface area contributed by atoms with Crippen LogP contribution in [0.15, 0.2) is 22.1 Å². The zero-order valence-corrected chi connectivity index (χ0v) is 24.6. The van der Waals surface area contributed by atoms with Gasteiger partial charge in [-0.2, -0.15) is 0 Å². The van der Waals surface area contributed by atoms with Crippen molar-refractivity contribution in [2.75, 3.05) is 41.4 Å². The van der Waals surface area contributed by atoms with Gasteiger partial charge in [0.2, 0.25) is 0 Å². The molecule has 1 N–H and O–H groups in total. The molecule has 0 amide bonds. The van der Waals surface area contributed by atoms with E-state index in [0.717, 1.165) is 54.9 Å². The summed E-state index contributed by atoms with van der Waals surface area (Å²) in [6, 6.07) is 4.62. The first-order chi connectivity index (χ1) is 15.9. The molecule has 0 radical (unpaired) electrons. The molecule has 0 spiro atoms. The number of rotatable bonds is 2. The Morgan fingerprint density at radius 1 is 0.844 bits per heavy atom. The van der Waals surface area contributed by atoms with Crippen molar-refractivity contribution in [1.82, 2.24) is 0 Å². The molecule has 0 unspecified atom stereocenters. The number of anilines is 1. The molecule has 10 heteroatoms. The van der Waals surface area contributed by atoms with Crippen LogP contribution in [-0.4, -0.2) is 60.8 Å². The molecular formula is C22H23As2N3OS4. The fourth-order valence-electron chi connectivity index (χ4n) is 4.84. The SMILES string of the molecule is c1c2c(c([As]3SCCS3)c3c1N=c1cc4c(c([As]5SCCS5)c1O3)=NCCC4)NCCC2. The summed E-state index contributed by atoms with van der Waals surface area (Å²) in [5, 5.41) is 6.11. The van der Waals surface area contributed by atoms with Crippen LogP contribution in [-0.2, 0) is 12.8 Å². The van der Waals surface area contributed by atoms with Gasteiger partial charge in [0.1, 0.15) is 0 Å². The topological polar surface area (TPSA) is 46.0 Å². The van der Waals surface area contributed by atoms with Gasteiger partial charge in [0.15, 0.2) is 0 Å². The Kier molecular flexibility index (Phi) is 6.02. The molecule has 5 aliphatic heterocycles. The van der Waals surface area contributed by atoms with E-state index in [1.807, 2.05) is 0 Å². The summed E-state index contributed by atoms with van der Waals surface area (Å²) in [4.78, 5) is 10.4. The van der Waals surface area contributed by atoms with E-state index in [1.165, 1.54) is 60.3 Å². The third kappa shape index (κ3) is 3.62. The van der Waals surface area contributed by atoms with Gasteiger partial charge in [-0.15, -0.1) is 0 Å². The molecular weight excluding hydrogens is 600 g/mol. The fraction of sp³-hybridized carbons (Fsp3) is 0.455. The number of nitrogens with one attached hydrogen (secondary N) is 1. The number of hydrogen-bond donors (Lipinski definition) is 1. The van der Waals surface area contributed by atoms with Gasteiger partial charge in [0.25, 0.3) is 0 Å². The number of ether oxygens (including phenoxy) is 1. The Bertz CT molecular complexity index is 1230. The third-order valence-corrected chi connectivity index (χ3v) is 33.4. The van der Waals surface area contributed by atoms with Gasteiger partial charge >= 0.3 is 212 Å². The molecule has 5 aliphatic rings. The molecule has 2 saturated heterocycles. The summed E-state index contributed by atoms with van der Waals surface area (Å²) >= 11 is -2.56. The van der Waals surface area contributed by atoms with Gasteiger partial charge < -0.3 is 0 Å². The first-order valence-electron chi connectivity index (χ1n) is 11.2. The zero-order valence-electron chi connectivity index (χ0n) is 17.6. The quantitative estimate of drug-likeness (QED) is 0.444. The Morgan fingerprint density at radius 3 is 2.41 bits per heavy atom. The van der Waals surface area contributed by atoms with E-state index in [4.69, 9.17) is 14.7 Å². The van der Waals surface area contributed by atoms with Crippen molar-refractivity contribution in [3.8, 4) is 11.5 Å². The van der Waals surface area contributed by atoms with E-state index in [1.54, 1.807) is 0 Å². The molecule has 0 saturated carbocycles. The van der Waals surface area contributed by atoms with Crippen molar-refractivity contribution >= 4 is 84.9 Å². The van der Waals surface area contributed by atoms with Crippen LogP contribution in [0.25, 0.3) is 0 Å². The Balaban J connectivity index is 1.48. The number of aryl methyl sites for hydroxylation is 2. The van der Waals surface area contributed by atoms with Crippen molar-refractivity contribution < 1.29 is 4.74 Å². The number of nitrogens with zero attached hydrogens (tertiary/aromatic N) is 2. The molecule has 7 rings (SSSR count). The van der Waals surface area contributed by atoms with E-state index in [0.29, 0.717) is 0 Å². The minimum atomic E-state index is -1.29. The molecule has 0 atom stereocenters. The number of fused-ring (bicyclic) bond motifs is 4. The summed E-state index contributed by atoms with van der Waals surface area (Å²) in [5.41, 5.74) is 5.32. The predicted molar refractivity (Wildman–Crippen MR) is 146 cm³/mol. The Hall–Kier alpha value is 0.157. The van der Waals surface area contributed by atoms with Gasteiger partial charge in [0.05, 0.1) is 0 Å². The molecule has 166 valence electrons. The second kappa shape index (κ2) is 8.99. The third-order valence-electron chi connectivity index (χ3n) is 6.21. The van der Waals surface area contributed by atoms with Crippen LogP contribution in [0.4, 0.5) is 11.4 Å². The average molecular weight is 624 g/mol. The van der Waals surface area contributed by atoms with E-state index in [9.17, 15) is 0 Å². The molecule has 4 nitrogen and oxygen atoms in total. The summed E-state index contributed by atoms with van der Waals surface area (Å²) in [5.74, 6) is 7.22. The van der Waals surface area contributed by atoms with E-state index in [-0.39, 0.29) is 0 Å². The normalized spacial score (nSPS) is 22.0. The van der Waals surface area contributed by atoms with Crippen molar-refractivity contribution in [1.29, 1.82) is 0 Å². The summed E-state index contributed by atoms with van der Waals surface area (Å²) < 4.78 is 9.98. The Morgan fingerprint density at radius 2 is 1.59 bits per heavy atom. The summed E-state index contributed by atoms with van der Waals surface area (Å²) in [6.45, 7) is 2.03. The first kappa shape index (κ1) is 21.4. The average Bonchev–Trinajstić information content (AvgIpc) is 3.54. The maximum absolute atomic E-state index is 7.02. The van der Waals surface area contributed by atoms with Gasteiger partial charge in [-0.25, -0.2) is 0 Å². The van der Waals surface area contributed by atoms with Crippen molar-refractivity contribution in [3.63, 3.8) is 0 Å². The zero-order chi connectivity index (χ0) is 21.1. The van der Waals surface area contributed by atoms with Crippen molar-refractivity contribution in [2.45, 2.75) is 25.7 Å². The maximum atomic E-state index is 7.02. The van der Waals surface area contributed by atoms with E-state index < -0.39 is 24.7 Å². The molecule has 5 heterocycles. The monoisotopic (exact) mass is 623 g/mol. The second-order valence-electron chi connectivity index (χ2n) is 8.27. The summed E-state index contributed by atoms with van der Waals surface area (Å²) in [7, 11) is 8.79. The molecule has 2 aromatic carbocycles. The van der Waals surface area contributed by atoms with Crippen LogP contribution in [0.1, 0.15) is 24.0 Å². The Labute approximate surface area is 210 Å². The van der Waals surface area contributed by atoms with Crippen LogP contribution in [0, 0.1) is 0 Å². The molecule has 32 heavy (non-hydrogen) atoms. The fourth-order valence-corrected chi connectivity index (χ4v) is 34.9. The van der Waals surface area contributed by atoms with Crippen LogP contribution in [0.2, 0.25) is 0 Å². The first-order valence-corrected chi connectivity index (χ1v) is 26.0. The summed E-state index contributed by atoms with van der Waals surface area (Å²) in [6.07, 6.45) is 4.64. The van der Waals surface area contributed by atoms with Crippen LogP contribution in [0.3, 0.4) is 0 Å². The number of benzene rings is 2. The van der Waals surface area contributed by atoms with Crippen LogP contribution < -0.4 is 29.5 Å². The van der Waals surface area contributed by atoms with E-state index in [2.05, 4.69) is 57.5 Å². The predicted octanol–water partition coefficient (Wildman–Crippen LogP) is 3.02.